The molecule has 0 aliphatic heterocycles. The Kier molecular flexibility index (Phi) is 5.41. The van der Waals surface area contributed by atoms with Crippen LogP contribution in [0.15, 0.2) is 42.6 Å². The standard InChI is InChI=1S/C20H20N2O4S/c1-4-21(5-2)19(24)17(23)14-10-8-12-22(14)16-13-9-6-7-11-15(13)27-18(16)20(25)26-3/h6-12H,4-5H2,1-3H3. The van der Waals surface area contributed by atoms with Gasteiger partial charge in [-0.1, -0.05) is 18.2 Å². The largest absolute Gasteiger partial charge is 0.465 e. The maximum absolute atomic E-state index is 12.8. The molecule has 2 heterocycles. The summed E-state index contributed by atoms with van der Waals surface area (Å²) in [5.41, 5.74) is 0.781. The lowest BCUT2D eigenvalue weighted by molar-refractivity contribution is -0.126. The molecular weight excluding hydrogens is 364 g/mol. The van der Waals surface area contributed by atoms with E-state index in [1.165, 1.54) is 23.3 Å². The highest BCUT2D eigenvalue weighted by molar-refractivity contribution is 7.21. The van der Waals surface area contributed by atoms with Crippen LogP contribution < -0.4 is 0 Å². The molecule has 1 aromatic carbocycles. The number of likely N-dealkylation sites (N-methyl/N-ethyl adjacent to an activating group) is 1. The minimum atomic E-state index is -0.602. The van der Waals surface area contributed by atoms with Crippen molar-refractivity contribution in [3.8, 4) is 5.69 Å². The number of carbonyl (C=O) groups excluding carboxylic acids is 3. The molecule has 3 rings (SSSR count). The molecule has 0 N–H and O–H groups in total. The van der Waals surface area contributed by atoms with Gasteiger partial charge in [0, 0.05) is 29.4 Å². The van der Waals surface area contributed by atoms with E-state index in [0.717, 1.165) is 10.1 Å². The fraction of sp³-hybridized carbons (Fsp3) is 0.250. The number of Topliss-reactive ketones (excluding diaryl/α,β-unsaturated/α-hetero) is 1. The van der Waals surface area contributed by atoms with Gasteiger partial charge in [-0.3, -0.25) is 9.59 Å². The lowest BCUT2D eigenvalue weighted by Crippen LogP contribution is -2.37. The van der Waals surface area contributed by atoms with Crippen molar-refractivity contribution in [3.63, 3.8) is 0 Å². The van der Waals surface area contributed by atoms with Gasteiger partial charge in [0.25, 0.3) is 11.7 Å². The lowest BCUT2D eigenvalue weighted by atomic mass is 10.2. The van der Waals surface area contributed by atoms with Crippen LogP contribution in [-0.4, -0.2) is 47.3 Å². The number of benzene rings is 1. The van der Waals surface area contributed by atoms with Gasteiger partial charge < -0.3 is 14.2 Å². The zero-order chi connectivity index (χ0) is 19.6. The van der Waals surface area contributed by atoms with Gasteiger partial charge in [-0.2, -0.15) is 0 Å². The number of methoxy groups -OCH3 is 1. The van der Waals surface area contributed by atoms with Crippen LogP contribution in [0.25, 0.3) is 15.8 Å². The molecular formula is C20H20N2O4S. The van der Waals surface area contributed by atoms with Gasteiger partial charge in [0.15, 0.2) is 0 Å². The van der Waals surface area contributed by atoms with Crippen molar-refractivity contribution in [2.24, 2.45) is 0 Å². The summed E-state index contributed by atoms with van der Waals surface area (Å²) in [5.74, 6) is -1.64. The Morgan fingerprint density at radius 1 is 1.07 bits per heavy atom. The van der Waals surface area contributed by atoms with E-state index >= 15 is 0 Å². The van der Waals surface area contributed by atoms with Crippen LogP contribution in [0.4, 0.5) is 0 Å². The molecule has 0 atom stereocenters. The van der Waals surface area contributed by atoms with Gasteiger partial charge in [-0.05, 0) is 32.0 Å². The summed E-state index contributed by atoms with van der Waals surface area (Å²) >= 11 is 1.30. The molecule has 3 aromatic rings. The minimum absolute atomic E-state index is 0.223. The van der Waals surface area contributed by atoms with E-state index in [9.17, 15) is 14.4 Å². The predicted molar refractivity (Wildman–Crippen MR) is 105 cm³/mol. The Labute approximate surface area is 161 Å². The van der Waals surface area contributed by atoms with Crippen LogP contribution in [0.1, 0.15) is 34.0 Å². The van der Waals surface area contributed by atoms with E-state index in [4.69, 9.17) is 4.74 Å². The van der Waals surface area contributed by atoms with E-state index < -0.39 is 17.7 Å². The van der Waals surface area contributed by atoms with E-state index in [0.29, 0.717) is 23.7 Å². The average molecular weight is 384 g/mol. The highest BCUT2D eigenvalue weighted by Crippen LogP contribution is 2.35. The van der Waals surface area contributed by atoms with Gasteiger partial charge >= 0.3 is 5.97 Å². The first-order valence-electron chi connectivity index (χ1n) is 8.64. The molecule has 0 unspecified atom stereocenters. The van der Waals surface area contributed by atoms with Gasteiger partial charge in [-0.25, -0.2) is 4.79 Å². The molecule has 0 radical (unpaired) electrons. The fourth-order valence-electron chi connectivity index (χ4n) is 3.03. The van der Waals surface area contributed by atoms with Crippen LogP contribution in [0.2, 0.25) is 0 Å². The molecule has 2 aromatic heterocycles. The first-order valence-corrected chi connectivity index (χ1v) is 9.46. The first kappa shape index (κ1) is 18.8. The molecule has 6 nitrogen and oxygen atoms in total. The number of ketones is 1. The Bertz CT molecular complexity index is 1010. The summed E-state index contributed by atoms with van der Waals surface area (Å²) < 4.78 is 7.43. The van der Waals surface area contributed by atoms with Gasteiger partial charge in [0.05, 0.1) is 18.5 Å². The quantitative estimate of drug-likeness (QED) is 0.370. The Morgan fingerprint density at radius 2 is 1.78 bits per heavy atom. The third-order valence-electron chi connectivity index (χ3n) is 4.41. The minimum Gasteiger partial charge on any atom is -0.465 e. The molecule has 0 saturated heterocycles. The Hall–Kier alpha value is -2.93. The van der Waals surface area contributed by atoms with E-state index in [1.54, 1.807) is 22.9 Å². The molecule has 1 amide bonds. The van der Waals surface area contributed by atoms with Gasteiger partial charge in [0.1, 0.15) is 4.88 Å². The molecule has 0 aliphatic carbocycles. The third-order valence-corrected chi connectivity index (χ3v) is 5.55. The summed E-state index contributed by atoms with van der Waals surface area (Å²) in [6.07, 6.45) is 1.68. The summed E-state index contributed by atoms with van der Waals surface area (Å²) in [6, 6.07) is 10.8. The number of ether oxygens (including phenoxy) is 1. The number of nitrogens with zero attached hydrogens (tertiary/aromatic N) is 2. The molecule has 7 heteroatoms. The second kappa shape index (κ2) is 7.75. The van der Waals surface area contributed by atoms with Crippen molar-refractivity contribution in [3.05, 3.63) is 53.2 Å². The van der Waals surface area contributed by atoms with Crippen LogP contribution in [0.5, 0.6) is 0 Å². The molecule has 0 spiro atoms. The Morgan fingerprint density at radius 3 is 2.44 bits per heavy atom. The second-order valence-electron chi connectivity index (χ2n) is 5.84. The van der Waals surface area contributed by atoms with Crippen molar-refractivity contribution in [2.75, 3.05) is 20.2 Å². The highest BCUT2D eigenvalue weighted by atomic mass is 32.1. The molecule has 140 valence electrons. The van der Waals surface area contributed by atoms with Gasteiger partial charge in [-0.15, -0.1) is 11.3 Å². The molecule has 27 heavy (non-hydrogen) atoms. The summed E-state index contributed by atoms with van der Waals surface area (Å²) in [6.45, 7) is 4.57. The summed E-state index contributed by atoms with van der Waals surface area (Å²) in [5, 5.41) is 0.823. The number of hydrogen-bond donors (Lipinski definition) is 0. The van der Waals surface area contributed by atoms with Crippen molar-refractivity contribution in [2.45, 2.75) is 13.8 Å². The first-order chi connectivity index (χ1) is 13.0. The number of amides is 1. The topological polar surface area (TPSA) is 68.6 Å². The molecule has 0 fully saturated rings. The van der Waals surface area contributed by atoms with Crippen LogP contribution >= 0.6 is 11.3 Å². The summed E-state index contributed by atoms with van der Waals surface area (Å²) in [7, 11) is 1.32. The third kappa shape index (κ3) is 3.26. The highest BCUT2D eigenvalue weighted by Gasteiger charge is 2.27. The number of hydrogen-bond acceptors (Lipinski definition) is 5. The second-order valence-corrected chi connectivity index (χ2v) is 6.89. The van der Waals surface area contributed by atoms with Gasteiger partial charge in [0.2, 0.25) is 0 Å². The predicted octanol–water partition coefficient (Wildman–Crippen LogP) is 3.53. The van der Waals surface area contributed by atoms with Crippen molar-refractivity contribution in [1.82, 2.24) is 9.47 Å². The zero-order valence-corrected chi connectivity index (χ0v) is 16.2. The monoisotopic (exact) mass is 384 g/mol. The lowest BCUT2D eigenvalue weighted by Gasteiger charge is -2.18. The van der Waals surface area contributed by atoms with Crippen molar-refractivity contribution in [1.29, 1.82) is 0 Å². The van der Waals surface area contributed by atoms with E-state index in [1.807, 2.05) is 38.1 Å². The number of aromatic nitrogens is 1. The van der Waals surface area contributed by atoms with Crippen LogP contribution in [0, 0.1) is 0 Å². The number of esters is 1. The summed E-state index contributed by atoms with van der Waals surface area (Å²) in [4.78, 5) is 39.6. The molecule has 0 bridgehead atoms. The Balaban J connectivity index is 2.17. The maximum atomic E-state index is 12.8. The number of carbonyl (C=O) groups is 3. The van der Waals surface area contributed by atoms with Crippen LogP contribution in [0.3, 0.4) is 0 Å². The van der Waals surface area contributed by atoms with E-state index in [2.05, 4.69) is 0 Å². The van der Waals surface area contributed by atoms with Crippen LogP contribution in [-0.2, 0) is 9.53 Å². The maximum Gasteiger partial charge on any atom is 0.350 e. The normalized spacial score (nSPS) is 10.8. The number of thiophene rings is 1. The number of fused-ring (bicyclic) bond motifs is 1. The van der Waals surface area contributed by atoms with Crippen molar-refractivity contribution < 1.29 is 19.1 Å². The molecule has 0 aliphatic rings. The van der Waals surface area contributed by atoms with Crippen molar-refractivity contribution >= 4 is 39.1 Å². The smallest absolute Gasteiger partial charge is 0.350 e. The average Bonchev–Trinajstić information content (AvgIpc) is 3.31. The fourth-order valence-corrected chi connectivity index (χ4v) is 4.14. The zero-order valence-electron chi connectivity index (χ0n) is 15.4. The SMILES string of the molecule is CCN(CC)C(=O)C(=O)c1cccn1-c1c(C(=O)OC)sc2ccccc12. The number of rotatable bonds is 6. The molecule has 0 saturated carbocycles. The van der Waals surface area contributed by atoms with E-state index in [-0.39, 0.29) is 5.69 Å².